The fourth-order valence-electron chi connectivity index (χ4n) is 3.85. The average molecular weight is 314 g/mol. The van der Waals surface area contributed by atoms with E-state index in [4.69, 9.17) is 0 Å². The molecule has 0 bridgehead atoms. The van der Waals surface area contributed by atoms with Gasteiger partial charge in [0.1, 0.15) is 0 Å². The van der Waals surface area contributed by atoms with Crippen molar-refractivity contribution in [2.45, 2.75) is 39.0 Å². The molecular formula is C20H30N2O. The highest BCUT2D eigenvalue weighted by atomic mass is 16.2. The standard InChI is InChI=1S/C20H30N2O/c1-17-7-11-21(12-8-17)16-20(23)22-13-9-19(10-14-22)15-18-5-3-2-4-6-18/h2-6,17,19H,7-16H2,1H3. The summed E-state index contributed by atoms with van der Waals surface area (Å²) in [6, 6.07) is 10.7. The van der Waals surface area contributed by atoms with Crippen molar-refractivity contribution in [1.29, 1.82) is 0 Å². The summed E-state index contributed by atoms with van der Waals surface area (Å²) in [5.74, 6) is 1.91. The molecule has 0 spiro atoms. The third-order valence-electron chi connectivity index (χ3n) is 5.57. The predicted molar refractivity (Wildman–Crippen MR) is 94.3 cm³/mol. The zero-order valence-electron chi connectivity index (χ0n) is 14.4. The summed E-state index contributed by atoms with van der Waals surface area (Å²) in [4.78, 5) is 16.9. The number of nitrogens with zero attached hydrogens (tertiary/aromatic N) is 2. The molecule has 0 atom stereocenters. The molecule has 1 aromatic carbocycles. The van der Waals surface area contributed by atoms with Gasteiger partial charge in [-0.05, 0) is 62.6 Å². The Kier molecular flexibility index (Phi) is 5.71. The van der Waals surface area contributed by atoms with Gasteiger partial charge >= 0.3 is 0 Å². The molecule has 2 aliphatic heterocycles. The fourth-order valence-corrected chi connectivity index (χ4v) is 3.85. The zero-order valence-corrected chi connectivity index (χ0v) is 14.4. The number of rotatable bonds is 4. The molecule has 0 unspecified atom stereocenters. The normalized spacial score (nSPS) is 21.5. The van der Waals surface area contributed by atoms with Crippen LogP contribution in [-0.4, -0.2) is 48.4 Å². The van der Waals surface area contributed by atoms with Gasteiger partial charge in [0.25, 0.3) is 0 Å². The van der Waals surface area contributed by atoms with Crippen molar-refractivity contribution in [3.63, 3.8) is 0 Å². The quantitative estimate of drug-likeness (QED) is 0.852. The molecule has 0 radical (unpaired) electrons. The number of hydrogen-bond donors (Lipinski definition) is 0. The Morgan fingerprint density at radius 1 is 1.00 bits per heavy atom. The number of carbonyl (C=O) groups excluding carboxylic acids is 1. The van der Waals surface area contributed by atoms with Crippen LogP contribution < -0.4 is 0 Å². The van der Waals surface area contributed by atoms with E-state index in [2.05, 4.69) is 47.1 Å². The highest BCUT2D eigenvalue weighted by Crippen LogP contribution is 2.22. The summed E-state index contributed by atoms with van der Waals surface area (Å²) < 4.78 is 0. The Morgan fingerprint density at radius 3 is 2.30 bits per heavy atom. The molecule has 3 nitrogen and oxygen atoms in total. The Balaban J connectivity index is 1.40. The number of carbonyl (C=O) groups is 1. The molecule has 0 saturated carbocycles. The SMILES string of the molecule is CC1CCN(CC(=O)N2CCC(Cc3ccccc3)CC2)CC1. The summed E-state index contributed by atoms with van der Waals surface area (Å²) in [6.45, 7) is 7.03. The van der Waals surface area contributed by atoms with Crippen LogP contribution >= 0.6 is 0 Å². The molecule has 0 aliphatic carbocycles. The Labute approximate surface area is 140 Å². The highest BCUT2D eigenvalue weighted by molar-refractivity contribution is 5.78. The monoisotopic (exact) mass is 314 g/mol. The van der Waals surface area contributed by atoms with E-state index in [1.165, 1.54) is 18.4 Å². The molecule has 1 aromatic rings. The van der Waals surface area contributed by atoms with E-state index in [9.17, 15) is 4.79 Å². The van der Waals surface area contributed by atoms with Crippen LogP contribution in [0.3, 0.4) is 0 Å². The second kappa shape index (κ2) is 7.96. The second-order valence-electron chi connectivity index (χ2n) is 7.47. The maximum Gasteiger partial charge on any atom is 0.236 e. The van der Waals surface area contributed by atoms with Crippen LogP contribution in [0.1, 0.15) is 38.2 Å². The summed E-state index contributed by atoms with van der Waals surface area (Å²) >= 11 is 0. The van der Waals surface area contributed by atoms with E-state index in [1.54, 1.807) is 0 Å². The van der Waals surface area contributed by atoms with Gasteiger partial charge in [-0.15, -0.1) is 0 Å². The Hall–Kier alpha value is -1.35. The molecule has 2 heterocycles. The zero-order chi connectivity index (χ0) is 16.1. The summed E-state index contributed by atoms with van der Waals surface area (Å²) in [7, 11) is 0. The first kappa shape index (κ1) is 16.5. The molecule has 126 valence electrons. The van der Waals surface area contributed by atoms with Crippen LogP contribution in [0.4, 0.5) is 0 Å². The highest BCUT2D eigenvalue weighted by Gasteiger charge is 2.25. The lowest BCUT2D eigenvalue weighted by Crippen LogP contribution is -2.46. The first-order chi connectivity index (χ1) is 11.2. The van der Waals surface area contributed by atoms with Crippen LogP contribution in [0.25, 0.3) is 0 Å². The fraction of sp³-hybridized carbons (Fsp3) is 0.650. The second-order valence-corrected chi connectivity index (χ2v) is 7.47. The summed E-state index contributed by atoms with van der Waals surface area (Å²) in [6.07, 6.45) is 5.95. The van der Waals surface area contributed by atoms with Crippen molar-refractivity contribution in [1.82, 2.24) is 9.80 Å². The van der Waals surface area contributed by atoms with E-state index in [0.29, 0.717) is 12.5 Å². The third-order valence-corrected chi connectivity index (χ3v) is 5.57. The minimum atomic E-state index is 0.345. The molecule has 0 N–H and O–H groups in total. The van der Waals surface area contributed by atoms with Crippen molar-refractivity contribution >= 4 is 5.91 Å². The van der Waals surface area contributed by atoms with E-state index in [-0.39, 0.29) is 0 Å². The summed E-state index contributed by atoms with van der Waals surface area (Å²) in [5.41, 5.74) is 1.43. The van der Waals surface area contributed by atoms with Gasteiger partial charge in [-0.2, -0.15) is 0 Å². The van der Waals surface area contributed by atoms with Crippen molar-refractivity contribution in [3.05, 3.63) is 35.9 Å². The maximum absolute atomic E-state index is 12.5. The Morgan fingerprint density at radius 2 is 1.65 bits per heavy atom. The number of hydrogen-bond acceptors (Lipinski definition) is 2. The van der Waals surface area contributed by atoms with Gasteiger partial charge in [0.2, 0.25) is 5.91 Å². The van der Waals surface area contributed by atoms with Crippen LogP contribution in [0, 0.1) is 11.8 Å². The first-order valence-electron chi connectivity index (χ1n) is 9.25. The molecular weight excluding hydrogens is 284 g/mol. The van der Waals surface area contributed by atoms with Crippen LogP contribution in [0.2, 0.25) is 0 Å². The Bertz CT molecular complexity index is 486. The lowest BCUT2D eigenvalue weighted by molar-refractivity contribution is -0.134. The average Bonchev–Trinajstić information content (AvgIpc) is 2.58. The van der Waals surface area contributed by atoms with E-state index in [0.717, 1.165) is 57.3 Å². The third kappa shape index (κ3) is 4.81. The number of benzene rings is 1. The van der Waals surface area contributed by atoms with Crippen molar-refractivity contribution < 1.29 is 4.79 Å². The topological polar surface area (TPSA) is 23.6 Å². The van der Waals surface area contributed by atoms with Crippen LogP contribution in [0.5, 0.6) is 0 Å². The molecule has 0 aromatic heterocycles. The molecule has 2 saturated heterocycles. The number of piperidine rings is 2. The van der Waals surface area contributed by atoms with E-state index in [1.807, 2.05) is 0 Å². The molecule has 1 amide bonds. The van der Waals surface area contributed by atoms with Gasteiger partial charge in [0.15, 0.2) is 0 Å². The summed E-state index contributed by atoms with van der Waals surface area (Å²) in [5, 5.41) is 0. The smallest absolute Gasteiger partial charge is 0.236 e. The van der Waals surface area contributed by atoms with Gasteiger partial charge in [-0.25, -0.2) is 0 Å². The number of amides is 1. The van der Waals surface area contributed by atoms with E-state index >= 15 is 0 Å². The van der Waals surface area contributed by atoms with Gasteiger partial charge in [-0.3, -0.25) is 9.69 Å². The van der Waals surface area contributed by atoms with Gasteiger partial charge < -0.3 is 4.90 Å². The minimum absolute atomic E-state index is 0.345. The largest absolute Gasteiger partial charge is 0.342 e. The maximum atomic E-state index is 12.5. The van der Waals surface area contributed by atoms with Crippen molar-refractivity contribution in [2.75, 3.05) is 32.7 Å². The molecule has 23 heavy (non-hydrogen) atoms. The lowest BCUT2D eigenvalue weighted by Gasteiger charge is -2.35. The number of likely N-dealkylation sites (tertiary alicyclic amines) is 2. The molecule has 2 aliphatic rings. The van der Waals surface area contributed by atoms with Gasteiger partial charge in [0, 0.05) is 13.1 Å². The molecule has 2 fully saturated rings. The minimum Gasteiger partial charge on any atom is -0.342 e. The first-order valence-corrected chi connectivity index (χ1v) is 9.25. The van der Waals surface area contributed by atoms with Crippen molar-refractivity contribution in [3.8, 4) is 0 Å². The van der Waals surface area contributed by atoms with Crippen molar-refractivity contribution in [2.24, 2.45) is 11.8 Å². The van der Waals surface area contributed by atoms with Gasteiger partial charge in [0.05, 0.1) is 6.54 Å². The predicted octanol–water partition coefficient (Wildman–Crippen LogP) is 3.20. The lowest BCUT2D eigenvalue weighted by atomic mass is 9.90. The van der Waals surface area contributed by atoms with Crippen LogP contribution in [-0.2, 0) is 11.2 Å². The molecule has 3 rings (SSSR count). The van der Waals surface area contributed by atoms with Gasteiger partial charge in [-0.1, -0.05) is 37.3 Å². The van der Waals surface area contributed by atoms with E-state index < -0.39 is 0 Å². The van der Waals surface area contributed by atoms with Crippen LogP contribution in [0.15, 0.2) is 30.3 Å². The molecule has 3 heteroatoms.